The van der Waals surface area contributed by atoms with Gasteiger partial charge in [-0.2, -0.15) is 0 Å². The predicted octanol–water partition coefficient (Wildman–Crippen LogP) is 2.58. The van der Waals surface area contributed by atoms with Crippen molar-refractivity contribution < 1.29 is 5.11 Å². The number of nitrogens with zero attached hydrogens (tertiary/aromatic N) is 2. The quantitative estimate of drug-likeness (QED) is 0.927. The van der Waals surface area contributed by atoms with Crippen LogP contribution in [0.4, 0.5) is 5.82 Å². The minimum Gasteiger partial charge on any atom is -0.393 e. The SMILES string of the molecule is C[C@@H](O)C[C@@H]1CCCN1c1ncccc1Br. The van der Waals surface area contributed by atoms with E-state index >= 15 is 0 Å². The molecule has 0 saturated carbocycles. The lowest BCUT2D eigenvalue weighted by atomic mass is 10.1. The molecule has 0 bridgehead atoms. The summed E-state index contributed by atoms with van der Waals surface area (Å²) < 4.78 is 1.03. The lowest BCUT2D eigenvalue weighted by Crippen LogP contribution is -2.32. The topological polar surface area (TPSA) is 36.4 Å². The summed E-state index contributed by atoms with van der Waals surface area (Å²) in [5.74, 6) is 1.01. The lowest BCUT2D eigenvalue weighted by molar-refractivity contribution is 0.175. The van der Waals surface area contributed by atoms with Gasteiger partial charge in [-0.05, 0) is 54.2 Å². The Kier molecular flexibility index (Phi) is 3.82. The maximum absolute atomic E-state index is 9.49. The number of rotatable bonds is 3. The van der Waals surface area contributed by atoms with Gasteiger partial charge >= 0.3 is 0 Å². The Hall–Kier alpha value is -0.610. The molecule has 1 fully saturated rings. The summed E-state index contributed by atoms with van der Waals surface area (Å²) >= 11 is 3.53. The van der Waals surface area contributed by atoms with Gasteiger partial charge in [0.05, 0.1) is 10.6 Å². The second kappa shape index (κ2) is 5.15. The molecule has 0 amide bonds. The molecule has 1 aliphatic rings. The molecule has 1 aliphatic heterocycles. The van der Waals surface area contributed by atoms with Gasteiger partial charge in [-0.3, -0.25) is 0 Å². The number of halogens is 1. The van der Waals surface area contributed by atoms with E-state index in [-0.39, 0.29) is 6.10 Å². The number of aromatic nitrogens is 1. The van der Waals surface area contributed by atoms with E-state index in [2.05, 4.69) is 25.8 Å². The number of aliphatic hydroxyl groups is 1. The second-order valence-corrected chi connectivity index (χ2v) is 5.24. The molecule has 4 heteroatoms. The van der Waals surface area contributed by atoms with Crippen LogP contribution < -0.4 is 4.90 Å². The Balaban J connectivity index is 2.17. The molecule has 0 unspecified atom stereocenters. The zero-order valence-corrected chi connectivity index (χ0v) is 11.0. The number of hydrogen-bond donors (Lipinski definition) is 1. The van der Waals surface area contributed by atoms with E-state index in [0.717, 1.165) is 29.7 Å². The summed E-state index contributed by atoms with van der Waals surface area (Å²) in [6.07, 6.45) is 4.72. The van der Waals surface area contributed by atoms with Crippen LogP contribution in [0.5, 0.6) is 0 Å². The molecule has 0 aromatic carbocycles. The van der Waals surface area contributed by atoms with Gasteiger partial charge in [0.2, 0.25) is 0 Å². The molecule has 2 heterocycles. The molecule has 88 valence electrons. The molecule has 1 aromatic heterocycles. The summed E-state index contributed by atoms with van der Waals surface area (Å²) in [5, 5.41) is 9.49. The second-order valence-electron chi connectivity index (χ2n) is 4.38. The van der Waals surface area contributed by atoms with Crippen molar-refractivity contribution in [2.24, 2.45) is 0 Å². The molecule has 2 rings (SSSR count). The summed E-state index contributed by atoms with van der Waals surface area (Å²) in [5.41, 5.74) is 0. The normalized spacial score (nSPS) is 22.4. The maximum Gasteiger partial charge on any atom is 0.143 e. The van der Waals surface area contributed by atoms with Crippen LogP contribution in [0.15, 0.2) is 22.8 Å². The average molecular weight is 285 g/mol. The molecular weight excluding hydrogens is 268 g/mol. The first kappa shape index (κ1) is 11.9. The zero-order valence-electron chi connectivity index (χ0n) is 9.43. The highest BCUT2D eigenvalue weighted by atomic mass is 79.9. The minimum absolute atomic E-state index is 0.243. The van der Waals surface area contributed by atoms with Crippen molar-refractivity contribution in [3.63, 3.8) is 0 Å². The first-order valence-electron chi connectivity index (χ1n) is 5.73. The van der Waals surface area contributed by atoms with E-state index in [9.17, 15) is 5.11 Å². The van der Waals surface area contributed by atoms with Crippen molar-refractivity contribution in [2.75, 3.05) is 11.4 Å². The Morgan fingerprint density at radius 3 is 3.19 bits per heavy atom. The van der Waals surface area contributed by atoms with Gasteiger partial charge in [0.25, 0.3) is 0 Å². The first-order chi connectivity index (χ1) is 7.68. The van der Waals surface area contributed by atoms with Crippen LogP contribution in [0.3, 0.4) is 0 Å². The van der Waals surface area contributed by atoms with Crippen LogP contribution >= 0.6 is 15.9 Å². The van der Waals surface area contributed by atoms with E-state index in [1.807, 2.05) is 25.3 Å². The van der Waals surface area contributed by atoms with Crippen LogP contribution in [-0.2, 0) is 0 Å². The van der Waals surface area contributed by atoms with Crippen molar-refractivity contribution in [3.8, 4) is 0 Å². The Morgan fingerprint density at radius 2 is 2.50 bits per heavy atom. The molecule has 0 radical (unpaired) electrons. The van der Waals surface area contributed by atoms with Gasteiger partial charge in [0.1, 0.15) is 5.82 Å². The standard InChI is InChI=1S/C12H17BrN2O/c1-9(16)8-10-4-3-7-15(10)12-11(13)5-2-6-14-12/h2,5-6,9-10,16H,3-4,7-8H2,1H3/t9-,10+/m1/s1. The molecule has 0 spiro atoms. The largest absolute Gasteiger partial charge is 0.393 e. The van der Waals surface area contributed by atoms with E-state index in [0.29, 0.717) is 6.04 Å². The van der Waals surface area contributed by atoms with Crippen LogP contribution in [0, 0.1) is 0 Å². The highest BCUT2D eigenvalue weighted by molar-refractivity contribution is 9.10. The lowest BCUT2D eigenvalue weighted by Gasteiger charge is -2.27. The van der Waals surface area contributed by atoms with Crippen LogP contribution in [0.2, 0.25) is 0 Å². The van der Waals surface area contributed by atoms with Crippen LogP contribution in [0.25, 0.3) is 0 Å². The summed E-state index contributed by atoms with van der Waals surface area (Å²) in [6.45, 7) is 2.89. The van der Waals surface area contributed by atoms with Gasteiger partial charge in [0.15, 0.2) is 0 Å². The Bertz CT molecular complexity index is 357. The van der Waals surface area contributed by atoms with Gasteiger partial charge in [0, 0.05) is 18.8 Å². The van der Waals surface area contributed by atoms with Gasteiger partial charge < -0.3 is 10.0 Å². The number of hydrogen-bond acceptors (Lipinski definition) is 3. The monoisotopic (exact) mass is 284 g/mol. The fourth-order valence-electron chi connectivity index (χ4n) is 2.34. The molecule has 1 N–H and O–H groups in total. The minimum atomic E-state index is -0.243. The zero-order chi connectivity index (χ0) is 11.5. The third-order valence-electron chi connectivity index (χ3n) is 3.00. The van der Waals surface area contributed by atoms with Crippen molar-refractivity contribution in [2.45, 2.75) is 38.3 Å². The molecule has 1 saturated heterocycles. The fraction of sp³-hybridized carbons (Fsp3) is 0.583. The summed E-state index contributed by atoms with van der Waals surface area (Å²) in [4.78, 5) is 6.72. The Morgan fingerprint density at radius 1 is 1.69 bits per heavy atom. The highest BCUT2D eigenvalue weighted by Crippen LogP contribution is 2.31. The molecule has 3 nitrogen and oxygen atoms in total. The molecular formula is C12H17BrN2O. The molecule has 1 aromatic rings. The third-order valence-corrected chi connectivity index (χ3v) is 3.62. The van der Waals surface area contributed by atoms with E-state index in [1.54, 1.807) is 0 Å². The van der Waals surface area contributed by atoms with Crippen molar-refractivity contribution >= 4 is 21.7 Å². The van der Waals surface area contributed by atoms with E-state index in [4.69, 9.17) is 0 Å². The van der Waals surface area contributed by atoms with Crippen molar-refractivity contribution in [3.05, 3.63) is 22.8 Å². The molecule has 2 atom stereocenters. The highest BCUT2D eigenvalue weighted by Gasteiger charge is 2.27. The van der Waals surface area contributed by atoms with E-state index < -0.39 is 0 Å². The summed E-state index contributed by atoms with van der Waals surface area (Å²) in [6, 6.07) is 4.36. The van der Waals surface area contributed by atoms with Gasteiger partial charge in [-0.15, -0.1) is 0 Å². The average Bonchev–Trinajstić information content (AvgIpc) is 2.66. The summed E-state index contributed by atoms with van der Waals surface area (Å²) in [7, 11) is 0. The van der Waals surface area contributed by atoms with Crippen molar-refractivity contribution in [1.29, 1.82) is 0 Å². The predicted molar refractivity (Wildman–Crippen MR) is 68.6 cm³/mol. The fourth-order valence-corrected chi connectivity index (χ4v) is 2.82. The van der Waals surface area contributed by atoms with Crippen molar-refractivity contribution in [1.82, 2.24) is 4.98 Å². The maximum atomic E-state index is 9.49. The third kappa shape index (κ3) is 2.55. The first-order valence-corrected chi connectivity index (χ1v) is 6.53. The number of pyridine rings is 1. The van der Waals surface area contributed by atoms with E-state index in [1.165, 1.54) is 6.42 Å². The number of aliphatic hydroxyl groups excluding tert-OH is 1. The Labute approximate surface area is 105 Å². The smallest absolute Gasteiger partial charge is 0.143 e. The molecule has 0 aliphatic carbocycles. The van der Waals surface area contributed by atoms with Gasteiger partial charge in [-0.25, -0.2) is 4.98 Å². The van der Waals surface area contributed by atoms with Crippen LogP contribution in [-0.4, -0.2) is 28.8 Å². The van der Waals surface area contributed by atoms with Crippen LogP contribution in [0.1, 0.15) is 26.2 Å². The van der Waals surface area contributed by atoms with Gasteiger partial charge in [-0.1, -0.05) is 0 Å². The molecule has 16 heavy (non-hydrogen) atoms. The number of anilines is 1.